The van der Waals surface area contributed by atoms with Crippen molar-refractivity contribution in [1.82, 2.24) is 4.90 Å². The van der Waals surface area contributed by atoms with Gasteiger partial charge in [-0.2, -0.15) is 0 Å². The molecule has 0 aliphatic carbocycles. The van der Waals surface area contributed by atoms with Gasteiger partial charge in [-0.15, -0.1) is 11.3 Å². The number of hydrogen-bond donors (Lipinski definition) is 0. The summed E-state index contributed by atoms with van der Waals surface area (Å²) < 4.78 is 0. The lowest BCUT2D eigenvalue weighted by Gasteiger charge is -2.44. The topological polar surface area (TPSA) is 6.48 Å². The van der Waals surface area contributed by atoms with E-state index in [4.69, 9.17) is 0 Å². The molecule has 1 atom stereocenters. The second-order valence-electron chi connectivity index (χ2n) is 4.58. The van der Waals surface area contributed by atoms with Crippen LogP contribution in [0.5, 0.6) is 0 Å². The van der Waals surface area contributed by atoms with Crippen LogP contribution in [0.25, 0.3) is 0 Å². The van der Waals surface area contributed by atoms with Gasteiger partial charge in [0.25, 0.3) is 0 Å². The first-order chi connectivity index (χ1) is 8.43. The molecule has 3 heterocycles. The Kier molecular flexibility index (Phi) is 4.86. The van der Waals surface area contributed by atoms with Gasteiger partial charge >= 0.3 is 0 Å². The smallest absolute Gasteiger partial charge is 0.0909 e. The number of piperazine rings is 1. The van der Waals surface area contributed by atoms with Crippen molar-refractivity contribution in [1.29, 1.82) is 0 Å². The van der Waals surface area contributed by atoms with Gasteiger partial charge in [0, 0.05) is 25.7 Å². The van der Waals surface area contributed by atoms with E-state index < -0.39 is 0 Å². The fourth-order valence-electron chi connectivity index (χ4n) is 2.81. The first-order valence-corrected chi connectivity index (χ1v) is 7.84. The molecule has 1 aromatic heterocycles. The number of nitrogens with zero attached hydrogens (tertiary/aromatic N) is 2. The highest BCUT2D eigenvalue weighted by Gasteiger charge is 2.28. The van der Waals surface area contributed by atoms with Crippen LogP contribution in [0.3, 0.4) is 0 Å². The highest BCUT2D eigenvalue weighted by molar-refractivity contribution is 7.14. The summed E-state index contributed by atoms with van der Waals surface area (Å²) in [6.45, 7) is 9.07. The molecule has 0 amide bonds. The van der Waals surface area contributed by atoms with E-state index in [9.17, 15) is 0 Å². The molecule has 2 aliphatic heterocycles. The van der Waals surface area contributed by atoms with Gasteiger partial charge in [-0.05, 0) is 36.9 Å². The molecule has 0 saturated carbocycles. The van der Waals surface area contributed by atoms with Gasteiger partial charge in [-0.25, -0.2) is 0 Å². The van der Waals surface area contributed by atoms with Gasteiger partial charge in [0.1, 0.15) is 0 Å². The predicted octanol–water partition coefficient (Wildman–Crippen LogP) is 3.45. The van der Waals surface area contributed by atoms with Crippen molar-refractivity contribution in [2.24, 2.45) is 0 Å². The van der Waals surface area contributed by atoms with Gasteiger partial charge in [0.2, 0.25) is 0 Å². The molecule has 0 spiro atoms. The molecule has 1 aromatic rings. The number of anilines is 1. The summed E-state index contributed by atoms with van der Waals surface area (Å²) in [4.78, 5) is 5.25. The van der Waals surface area contributed by atoms with E-state index in [1.165, 1.54) is 50.4 Å². The number of fused-ring (bicyclic) bond motifs is 1. The monoisotopic (exact) mass is 252 g/mol. The zero-order chi connectivity index (χ0) is 12.1. The van der Waals surface area contributed by atoms with Crippen molar-refractivity contribution in [3.05, 3.63) is 17.5 Å². The van der Waals surface area contributed by atoms with E-state index in [0.29, 0.717) is 0 Å². The van der Waals surface area contributed by atoms with Gasteiger partial charge in [0.15, 0.2) is 0 Å². The maximum absolute atomic E-state index is 2.69. The van der Waals surface area contributed by atoms with Crippen LogP contribution in [-0.4, -0.2) is 37.1 Å². The third-order valence-electron chi connectivity index (χ3n) is 3.66. The van der Waals surface area contributed by atoms with Crippen LogP contribution in [0.2, 0.25) is 0 Å². The van der Waals surface area contributed by atoms with Crippen molar-refractivity contribution in [2.45, 2.75) is 39.2 Å². The Bertz CT molecular complexity index is 310. The molecule has 0 N–H and O–H groups in total. The van der Waals surface area contributed by atoms with Gasteiger partial charge in [0.05, 0.1) is 5.00 Å². The lowest BCUT2D eigenvalue weighted by Crippen LogP contribution is -2.54. The van der Waals surface area contributed by atoms with Crippen molar-refractivity contribution in [3.8, 4) is 0 Å². The molecular weight excluding hydrogens is 228 g/mol. The summed E-state index contributed by atoms with van der Waals surface area (Å²) in [6, 6.07) is 5.24. The number of hydrogen-bond acceptors (Lipinski definition) is 3. The van der Waals surface area contributed by atoms with Gasteiger partial charge in [-0.3, -0.25) is 4.90 Å². The fraction of sp³-hybridized carbons (Fsp3) is 0.714. The molecule has 2 nitrogen and oxygen atoms in total. The molecule has 0 radical (unpaired) electrons. The summed E-state index contributed by atoms with van der Waals surface area (Å²) >= 11 is 1.88. The number of rotatable bonds is 1. The average molecular weight is 252 g/mol. The Morgan fingerprint density at radius 2 is 2.06 bits per heavy atom. The molecule has 2 fully saturated rings. The van der Waals surface area contributed by atoms with E-state index in [2.05, 4.69) is 27.3 Å². The van der Waals surface area contributed by atoms with Crippen LogP contribution < -0.4 is 4.90 Å². The maximum Gasteiger partial charge on any atom is 0.0909 e. The minimum atomic E-state index is 0.828. The highest BCUT2D eigenvalue weighted by atomic mass is 32.1. The van der Waals surface area contributed by atoms with E-state index in [-0.39, 0.29) is 0 Å². The summed E-state index contributed by atoms with van der Waals surface area (Å²) in [5.74, 6) is 0. The lowest BCUT2D eigenvalue weighted by molar-refractivity contribution is 0.134. The summed E-state index contributed by atoms with van der Waals surface area (Å²) in [6.07, 6.45) is 4.25. The van der Waals surface area contributed by atoms with Crippen molar-refractivity contribution in [2.75, 3.05) is 31.1 Å². The van der Waals surface area contributed by atoms with Crippen LogP contribution >= 0.6 is 11.3 Å². The van der Waals surface area contributed by atoms with Gasteiger partial charge < -0.3 is 4.90 Å². The summed E-state index contributed by atoms with van der Waals surface area (Å²) in [7, 11) is 0. The normalized spacial score (nSPS) is 24.8. The third-order valence-corrected chi connectivity index (χ3v) is 4.58. The van der Waals surface area contributed by atoms with Crippen LogP contribution in [0.1, 0.15) is 33.1 Å². The summed E-state index contributed by atoms with van der Waals surface area (Å²) in [5.41, 5.74) is 0. The number of piperidine rings is 1. The van der Waals surface area contributed by atoms with Crippen molar-refractivity contribution >= 4 is 16.3 Å². The Labute approximate surface area is 109 Å². The standard InChI is InChI=1S/C12H18N2S.C2H6/c1-2-6-13-7-8-14(10-11(13)4-1)12-5-3-9-15-12;1-2/h3,5,9,11H,1-2,4,6-8,10H2;1-2H3. The first-order valence-electron chi connectivity index (χ1n) is 6.96. The minimum Gasteiger partial charge on any atom is -0.361 e. The average Bonchev–Trinajstić information content (AvgIpc) is 2.94. The van der Waals surface area contributed by atoms with Crippen LogP contribution in [-0.2, 0) is 0 Å². The lowest BCUT2D eigenvalue weighted by atomic mass is 10.00. The van der Waals surface area contributed by atoms with E-state index >= 15 is 0 Å². The molecule has 2 aliphatic rings. The van der Waals surface area contributed by atoms with Crippen LogP contribution in [0.15, 0.2) is 17.5 Å². The van der Waals surface area contributed by atoms with Crippen molar-refractivity contribution in [3.63, 3.8) is 0 Å². The molecule has 1 unspecified atom stereocenters. The Hall–Kier alpha value is -0.540. The van der Waals surface area contributed by atoms with Gasteiger partial charge in [-0.1, -0.05) is 20.3 Å². The zero-order valence-corrected chi connectivity index (χ0v) is 11.9. The third kappa shape index (κ3) is 3.02. The molecule has 0 bridgehead atoms. The molecule has 96 valence electrons. The molecular formula is C14H24N2S. The number of thiophene rings is 1. The van der Waals surface area contributed by atoms with Crippen molar-refractivity contribution < 1.29 is 0 Å². The largest absolute Gasteiger partial charge is 0.361 e. The quantitative estimate of drug-likeness (QED) is 0.755. The SMILES string of the molecule is CC.c1csc(N2CCN3CCCCC3C2)c1. The van der Waals surface area contributed by atoms with E-state index in [1.807, 2.05) is 25.2 Å². The molecule has 2 saturated heterocycles. The Morgan fingerprint density at radius 3 is 2.82 bits per heavy atom. The van der Waals surface area contributed by atoms with E-state index in [1.54, 1.807) is 0 Å². The second kappa shape index (κ2) is 6.41. The predicted molar refractivity (Wildman–Crippen MR) is 77.1 cm³/mol. The molecule has 0 aromatic carbocycles. The highest BCUT2D eigenvalue weighted by Crippen LogP contribution is 2.27. The van der Waals surface area contributed by atoms with Crippen LogP contribution in [0.4, 0.5) is 5.00 Å². The second-order valence-corrected chi connectivity index (χ2v) is 5.51. The molecule has 17 heavy (non-hydrogen) atoms. The van der Waals surface area contributed by atoms with E-state index in [0.717, 1.165) is 6.04 Å². The summed E-state index contributed by atoms with van der Waals surface area (Å²) in [5, 5.41) is 3.64. The molecule has 3 rings (SSSR count). The zero-order valence-electron chi connectivity index (χ0n) is 11.1. The Balaban J connectivity index is 0.000000514. The van der Waals surface area contributed by atoms with Crippen LogP contribution in [0, 0.1) is 0 Å². The minimum absolute atomic E-state index is 0.828. The first kappa shape index (κ1) is 12.9. The fourth-order valence-corrected chi connectivity index (χ4v) is 3.57. The maximum atomic E-state index is 2.69. The molecule has 3 heteroatoms. The Morgan fingerprint density at radius 1 is 1.18 bits per heavy atom.